The summed E-state index contributed by atoms with van der Waals surface area (Å²) in [4.78, 5) is 0. The minimum Gasteiger partial charge on any atom is -0.384 e. The first-order valence-corrected chi connectivity index (χ1v) is 6.44. The van der Waals surface area contributed by atoms with Crippen LogP contribution in [0.15, 0.2) is 36.4 Å². The highest BCUT2D eigenvalue weighted by atomic mass is 15.3. The van der Waals surface area contributed by atoms with E-state index < -0.39 is 0 Å². The second-order valence-electron chi connectivity index (χ2n) is 5.21. The summed E-state index contributed by atoms with van der Waals surface area (Å²) in [6.45, 7) is 6.43. The van der Waals surface area contributed by atoms with Crippen molar-refractivity contribution in [3.05, 3.63) is 47.7 Å². The van der Waals surface area contributed by atoms with E-state index in [0.29, 0.717) is 5.92 Å². The van der Waals surface area contributed by atoms with Gasteiger partial charge in [0.25, 0.3) is 0 Å². The summed E-state index contributed by atoms with van der Waals surface area (Å²) in [5.41, 5.74) is 8.29. The summed E-state index contributed by atoms with van der Waals surface area (Å²) in [6, 6.07) is 12.6. The summed E-state index contributed by atoms with van der Waals surface area (Å²) < 4.78 is 1.95. The normalized spacial score (nSPS) is 12.9. The fourth-order valence-corrected chi connectivity index (χ4v) is 2.29. The molecule has 0 saturated heterocycles. The molecule has 2 aromatic rings. The molecule has 3 nitrogen and oxygen atoms in total. The molecule has 0 aliphatic carbocycles. The predicted molar refractivity (Wildman–Crippen MR) is 75.4 cm³/mol. The highest BCUT2D eigenvalue weighted by molar-refractivity contribution is 5.33. The number of nitrogen functional groups attached to an aromatic ring is 1. The first-order valence-electron chi connectivity index (χ1n) is 6.44. The first-order chi connectivity index (χ1) is 8.58. The quantitative estimate of drug-likeness (QED) is 0.894. The zero-order chi connectivity index (χ0) is 13.1. The van der Waals surface area contributed by atoms with Crippen LogP contribution < -0.4 is 5.73 Å². The van der Waals surface area contributed by atoms with Gasteiger partial charge >= 0.3 is 0 Å². The monoisotopic (exact) mass is 243 g/mol. The zero-order valence-corrected chi connectivity index (χ0v) is 11.3. The van der Waals surface area contributed by atoms with Gasteiger partial charge in [0.2, 0.25) is 0 Å². The van der Waals surface area contributed by atoms with Crippen LogP contribution in [0.1, 0.15) is 37.6 Å². The summed E-state index contributed by atoms with van der Waals surface area (Å²) in [5.74, 6) is 1.33. The number of nitrogens with zero attached hydrogens (tertiary/aromatic N) is 2. The van der Waals surface area contributed by atoms with Crippen molar-refractivity contribution in [3.63, 3.8) is 0 Å². The van der Waals surface area contributed by atoms with Gasteiger partial charge in [0.15, 0.2) is 0 Å². The van der Waals surface area contributed by atoms with E-state index in [1.165, 1.54) is 5.56 Å². The van der Waals surface area contributed by atoms with Crippen molar-refractivity contribution in [2.75, 3.05) is 5.73 Å². The zero-order valence-electron chi connectivity index (χ0n) is 11.3. The average molecular weight is 243 g/mol. The van der Waals surface area contributed by atoms with Gasteiger partial charge in [0, 0.05) is 6.07 Å². The van der Waals surface area contributed by atoms with Gasteiger partial charge in [-0.1, -0.05) is 44.2 Å². The molecule has 3 heteroatoms. The van der Waals surface area contributed by atoms with E-state index in [-0.39, 0.29) is 6.04 Å². The van der Waals surface area contributed by atoms with Crippen LogP contribution in [0, 0.1) is 12.8 Å². The maximum atomic E-state index is 6.06. The minimum absolute atomic E-state index is 0.222. The van der Waals surface area contributed by atoms with Crippen LogP contribution in [0.2, 0.25) is 0 Å². The van der Waals surface area contributed by atoms with Crippen molar-refractivity contribution in [2.24, 2.45) is 5.92 Å². The molecule has 0 bridgehead atoms. The number of hydrogen-bond donors (Lipinski definition) is 1. The van der Waals surface area contributed by atoms with Crippen LogP contribution in [0.25, 0.3) is 0 Å². The number of aromatic nitrogens is 2. The Kier molecular flexibility index (Phi) is 3.70. The fourth-order valence-electron chi connectivity index (χ4n) is 2.29. The van der Waals surface area contributed by atoms with Gasteiger partial charge in [-0.2, -0.15) is 5.10 Å². The first kappa shape index (κ1) is 12.7. The summed E-state index contributed by atoms with van der Waals surface area (Å²) >= 11 is 0. The molecule has 18 heavy (non-hydrogen) atoms. The second-order valence-corrected chi connectivity index (χ2v) is 5.21. The molecule has 0 aliphatic heterocycles. The molecule has 0 saturated carbocycles. The number of aryl methyl sites for hydroxylation is 1. The SMILES string of the molecule is Cc1cc(N)n(C(CC(C)C)c2ccccc2)n1. The lowest BCUT2D eigenvalue weighted by atomic mass is 9.97. The van der Waals surface area contributed by atoms with E-state index in [0.717, 1.165) is 17.9 Å². The van der Waals surface area contributed by atoms with Crippen molar-refractivity contribution >= 4 is 5.82 Å². The van der Waals surface area contributed by atoms with E-state index in [1.54, 1.807) is 0 Å². The average Bonchev–Trinajstić information content (AvgIpc) is 2.66. The van der Waals surface area contributed by atoms with Crippen molar-refractivity contribution in [3.8, 4) is 0 Å². The molecule has 1 unspecified atom stereocenters. The van der Waals surface area contributed by atoms with Crippen molar-refractivity contribution < 1.29 is 0 Å². The molecule has 1 aromatic heterocycles. The molecule has 96 valence electrons. The number of rotatable bonds is 4. The van der Waals surface area contributed by atoms with Gasteiger partial charge in [-0.25, -0.2) is 4.68 Å². The summed E-state index contributed by atoms with van der Waals surface area (Å²) in [5, 5.41) is 4.53. The largest absolute Gasteiger partial charge is 0.384 e. The van der Waals surface area contributed by atoms with Gasteiger partial charge < -0.3 is 5.73 Å². The Morgan fingerprint density at radius 1 is 1.22 bits per heavy atom. The van der Waals surface area contributed by atoms with Crippen LogP contribution in [-0.4, -0.2) is 9.78 Å². The molecule has 1 atom stereocenters. The van der Waals surface area contributed by atoms with Crippen LogP contribution in [0.3, 0.4) is 0 Å². The third-order valence-electron chi connectivity index (χ3n) is 3.06. The lowest BCUT2D eigenvalue weighted by Crippen LogP contribution is -2.16. The third kappa shape index (κ3) is 2.73. The van der Waals surface area contributed by atoms with E-state index >= 15 is 0 Å². The van der Waals surface area contributed by atoms with E-state index in [1.807, 2.05) is 23.7 Å². The van der Waals surface area contributed by atoms with Crippen molar-refractivity contribution in [2.45, 2.75) is 33.2 Å². The number of anilines is 1. The number of benzene rings is 1. The molecular formula is C15H21N3. The van der Waals surface area contributed by atoms with Crippen LogP contribution in [0.5, 0.6) is 0 Å². The highest BCUT2D eigenvalue weighted by Gasteiger charge is 2.18. The van der Waals surface area contributed by atoms with E-state index in [2.05, 4.69) is 43.2 Å². The number of nitrogens with two attached hydrogens (primary N) is 1. The Morgan fingerprint density at radius 3 is 2.39 bits per heavy atom. The predicted octanol–water partition coefficient (Wildman–Crippen LogP) is 3.41. The Labute approximate surface area is 109 Å². The molecule has 1 heterocycles. The lowest BCUT2D eigenvalue weighted by molar-refractivity contribution is 0.424. The molecular weight excluding hydrogens is 222 g/mol. The van der Waals surface area contributed by atoms with Gasteiger partial charge in [0.1, 0.15) is 5.82 Å². The molecule has 0 radical (unpaired) electrons. The Bertz CT molecular complexity index is 500. The molecule has 0 spiro atoms. The van der Waals surface area contributed by atoms with Gasteiger partial charge in [-0.3, -0.25) is 0 Å². The number of hydrogen-bond acceptors (Lipinski definition) is 2. The van der Waals surface area contributed by atoms with Gasteiger partial charge in [-0.05, 0) is 24.8 Å². The third-order valence-corrected chi connectivity index (χ3v) is 3.06. The Balaban J connectivity index is 2.40. The lowest BCUT2D eigenvalue weighted by Gasteiger charge is -2.21. The highest BCUT2D eigenvalue weighted by Crippen LogP contribution is 2.27. The molecule has 2 N–H and O–H groups in total. The van der Waals surface area contributed by atoms with Crippen LogP contribution in [0.4, 0.5) is 5.82 Å². The van der Waals surface area contributed by atoms with Gasteiger partial charge in [0.05, 0.1) is 11.7 Å². The minimum atomic E-state index is 0.222. The summed E-state index contributed by atoms with van der Waals surface area (Å²) in [7, 11) is 0. The Morgan fingerprint density at radius 2 is 1.89 bits per heavy atom. The van der Waals surface area contributed by atoms with Crippen LogP contribution in [-0.2, 0) is 0 Å². The molecule has 0 aliphatic rings. The molecule has 1 aromatic carbocycles. The Hall–Kier alpha value is -1.77. The summed E-state index contributed by atoms with van der Waals surface area (Å²) in [6.07, 6.45) is 1.04. The molecule has 0 amide bonds. The maximum absolute atomic E-state index is 6.06. The smallest absolute Gasteiger partial charge is 0.122 e. The van der Waals surface area contributed by atoms with Crippen LogP contribution >= 0.6 is 0 Å². The molecule has 0 fully saturated rings. The molecule has 2 rings (SSSR count). The van der Waals surface area contributed by atoms with Crippen molar-refractivity contribution in [1.29, 1.82) is 0 Å². The maximum Gasteiger partial charge on any atom is 0.122 e. The van der Waals surface area contributed by atoms with Crippen molar-refractivity contribution in [1.82, 2.24) is 9.78 Å². The topological polar surface area (TPSA) is 43.8 Å². The van der Waals surface area contributed by atoms with E-state index in [4.69, 9.17) is 5.73 Å². The fraction of sp³-hybridized carbons (Fsp3) is 0.400. The van der Waals surface area contributed by atoms with E-state index in [9.17, 15) is 0 Å². The second kappa shape index (κ2) is 5.25. The van der Waals surface area contributed by atoms with Gasteiger partial charge in [-0.15, -0.1) is 0 Å². The standard InChI is InChI=1S/C15H21N3/c1-11(2)9-14(13-7-5-4-6-8-13)18-15(16)10-12(3)17-18/h4-8,10-11,14H,9,16H2,1-3H3.